The number of hydrogen-bond donors (Lipinski definition) is 1. The van der Waals surface area contributed by atoms with Gasteiger partial charge in [0.2, 0.25) is 5.91 Å². The van der Waals surface area contributed by atoms with Gasteiger partial charge in [-0.2, -0.15) is 13.2 Å². The van der Waals surface area contributed by atoms with Gasteiger partial charge in [-0.05, 0) is 25.1 Å². The van der Waals surface area contributed by atoms with Crippen molar-refractivity contribution in [3.8, 4) is 0 Å². The largest absolute Gasteiger partial charge is 0.416 e. The molecule has 1 saturated heterocycles. The zero-order chi connectivity index (χ0) is 18.6. The Morgan fingerprint density at radius 1 is 1.24 bits per heavy atom. The van der Waals surface area contributed by atoms with Crippen LogP contribution in [0.25, 0.3) is 0 Å². The number of anilines is 1. The molecule has 0 saturated carbocycles. The maximum absolute atomic E-state index is 12.8. The van der Waals surface area contributed by atoms with Gasteiger partial charge in [0.15, 0.2) is 0 Å². The third-order valence-corrected chi connectivity index (χ3v) is 4.07. The van der Waals surface area contributed by atoms with Crippen molar-refractivity contribution in [2.75, 3.05) is 37.6 Å². The van der Waals surface area contributed by atoms with Gasteiger partial charge < -0.3 is 15.5 Å². The number of piperazine rings is 1. The number of nitro benzene ring substituents is 1. The molecule has 1 aromatic carbocycles. The lowest BCUT2D eigenvalue weighted by Crippen LogP contribution is -2.49. The summed E-state index contributed by atoms with van der Waals surface area (Å²) >= 11 is 0. The number of amides is 1. The highest BCUT2D eigenvalue weighted by atomic mass is 19.4. The summed E-state index contributed by atoms with van der Waals surface area (Å²) in [4.78, 5) is 25.6. The zero-order valence-electron chi connectivity index (χ0n) is 13.5. The fourth-order valence-corrected chi connectivity index (χ4v) is 2.72. The molecule has 138 valence electrons. The summed E-state index contributed by atoms with van der Waals surface area (Å²) in [6, 6.07) is 2.50. The van der Waals surface area contributed by atoms with Gasteiger partial charge in [-0.3, -0.25) is 14.9 Å². The first-order valence-electron chi connectivity index (χ1n) is 7.82. The Labute approximate surface area is 142 Å². The first kappa shape index (κ1) is 19.0. The minimum absolute atomic E-state index is 0.0352. The summed E-state index contributed by atoms with van der Waals surface area (Å²) in [7, 11) is 0. The molecule has 0 spiro atoms. The van der Waals surface area contributed by atoms with Gasteiger partial charge in [0.25, 0.3) is 5.69 Å². The van der Waals surface area contributed by atoms with Crippen LogP contribution in [0.4, 0.5) is 24.5 Å². The summed E-state index contributed by atoms with van der Waals surface area (Å²) in [6.45, 7) is 1.79. The Kier molecular flexibility index (Phi) is 5.83. The number of nitro groups is 1. The zero-order valence-corrected chi connectivity index (χ0v) is 13.5. The molecule has 10 heteroatoms. The van der Waals surface area contributed by atoms with E-state index in [1.807, 2.05) is 0 Å². The monoisotopic (exact) mass is 360 g/mol. The topological polar surface area (TPSA) is 92.7 Å². The molecule has 7 nitrogen and oxygen atoms in total. The second-order valence-corrected chi connectivity index (χ2v) is 5.72. The molecule has 1 aliphatic rings. The van der Waals surface area contributed by atoms with E-state index < -0.39 is 22.4 Å². The van der Waals surface area contributed by atoms with Crippen molar-refractivity contribution in [3.05, 3.63) is 33.9 Å². The maximum Gasteiger partial charge on any atom is 0.416 e. The van der Waals surface area contributed by atoms with E-state index in [2.05, 4.69) is 0 Å². The van der Waals surface area contributed by atoms with Gasteiger partial charge in [-0.1, -0.05) is 0 Å². The van der Waals surface area contributed by atoms with Gasteiger partial charge in [-0.15, -0.1) is 0 Å². The Morgan fingerprint density at radius 3 is 2.40 bits per heavy atom. The summed E-state index contributed by atoms with van der Waals surface area (Å²) in [6.07, 6.45) is -3.71. The maximum atomic E-state index is 12.8. The number of nitrogens with zero attached hydrogens (tertiary/aromatic N) is 3. The minimum atomic E-state index is -4.64. The van der Waals surface area contributed by atoms with Gasteiger partial charge in [0.1, 0.15) is 5.69 Å². The van der Waals surface area contributed by atoms with Crippen LogP contribution < -0.4 is 10.6 Å². The standard InChI is InChI=1S/C15H19F3N4O3/c16-15(17,18)11-3-4-12(13(10-11)22(24)25)20-6-8-21(9-7-20)14(23)2-1-5-19/h3-4,10H,1-2,5-9,19H2. The van der Waals surface area contributed by atoms with E-state index in [1.54, 1.807) is 9.80 Å². The van der Waals surface area contributed by atoms with E-state index >= 15 is 0 Å². The lowest BCUT2D eigenvalue weighted by molar-refractivity contribution is -0.384. The highest BCUT2D eigenvalue weighted by molar-refractivity contribution is 5.76. The molecule has 0 atom stereocenters. The smallest absolute Gasteiger partial charge is 0.362 e. The van der Waals surface area contributed by atoms with E-state index in [9.17, 15) is 28.1 Å². The lowest BCUT2D eigenvalue weighted by Gasteiger charge is -2.36. The van der Waals surface area contributed by atoms with Gasteiger partial charge >= 0.3 is 6.18 Å². The summed E-state index contributed by atoms with van der Waals surface area (Å²) in [5.41, 5.74) is 3.86. The second-order valence-electron chi connectivity index (χ2n) is 5.72. The van der Waals surface area contributed by atoms with Crippen molar-refractivity contribution >= 4 is 17.3 Å². The van der Waals surface area contributed by atoms with Crippen LogP contribution in [0.3, 0.4) is 0 Å². The number of carbonyl (C=O) groups is 1. The minimum Gasteiger partial charge on any atom is -0.362 e. The normalized spacial score (nSPS) is 15.4. The number of hydrogen-bond acceptors (Lipinski definition) is 5. The van der Waals surface area contributed by atoms with Crippen LogP contribution in [0.15, 0.2) is 18.2 Å². The van der Waals surface area contributed by atoms with E-state index in [0.29, 0.717) is 51.6 Å². The SMILES string of the molecule is NCCCC(=O)N1CCN(c2ccc(C(F)(F)F)cc2[N+](=O)[O-])CC1. The Hall–Kier alpha value is -2.36. The molecule has 0 bridgehead atoms. The predicted octanol–water partition coefficient (Wildman–Crippen LogP) is 2.00. The second kappa shape index (κ2) is 7.68. The predicted molar refractivity (Wildman–Crippen MR) is 85.2 cm³/mol. The highest BCUT2D eigenvalue weighted by Gasteiger charge is 2.34. The van der Waals surface area contributed by atoms with E-state index in [1.165, 1.54) is 0 Å². The Morgan fingerprint density at radius 2 is 1.88 bits per heavy atom. The van der Waals surface area contributed by atoms with Crippen LogP contribution in [0.2, 0.25) is 0 Å². The number of nitrogens with two attached hydrogens (primary N) is 1. The van der Waals surface area contributed by atoms with Crippen LogP contribution in [0.1, 0.15) is 18.4 Å². The Balaban J connectivity index is 2.12. The molecule has 0 unspecified atom stereocenters. The molecule has 2 N–H and O–H groups in total. The summed E-state index contributed by atoms with van der Waals surface area (Å²) in [5.74, 6) is -0.0352. The average molecular weight is 360 g/mol. The molecule has 1 amide bonds. The fraction of sp³-hybridized carbons (Fsp3) is 0.533. The molecular weight excluding hydrogens is 341 g/mol. The number of halogens is 3. The van der Waals surface area contributed by atoms with Crippen LogP contribution in [-0.4, -0.2) is 48.5 Å². The third kappa shape index (κ3) is 4.59. The van der Waals surface area contributed by atoms with Crippen molar-refractivity contribution < 1.29 is 22.9 Å². The number of alkyl halides is 3. The van der Waals surface area contributed by atoms with Crippen LogP contribution in [0.5, 0.6) is 0 Å². The molecule has 0 radical (unpaired) electrons. The molecule has 1 aliphatic heterocycles. The van der Waals surface area contributed by atoms with Crippen LogP contribution in [0, 0.1) is 10.1 Å². The van der Waals surface area contributed by atoms with Crippen LogP contribution >= 0.6 is 0 Å². The van der Waals surface area contributed by atoms with Crippen molar-refractivity contribution in [1.82, 2.24) is 4.90 Å². The number of benzene rings is 1. The highest BCUT2D eigenvalue weighted by Crippen LogP contribution is 2.36. The molecule has 1 fully saturated rings. The molecule has 25 heavy (non-hydrogen) atoms. The average Bonchev–Trinajstić information content (AvgIpc) is 2.58. The van der Waals surface area contributed by atoms with Crippen molar-refractivity contribution in [1.29, 1.82) is 0 Å². The van der Waals surface area contributed by atoms with Crippen molar-refractivity contribution in [2.24, 2.45) is 5.73 Å². The summed E-state index contributed by atoms with van der Waals surface area (Å²) < 4.78 is 38.3. The molecular formula is C15H19F3N4O3. The molecule has 1 heterocycles. The summed E-state index contributed by atoms with van der Waals surface area (Å²) in [5, 5.41) is 11.2. The Bertz CT molecular complexity index is 643. The first-order valence-corrected chi connectivity index (χ1v) is 7.82. The first-order chi connectivity index (χ1) is 11.7. The van der Waals surface area contributed by atoms with Gasteiger partial charge in [0.05, 0.1) is 10.5 Å². The van der Waals surface area contributed by atoms with E-state index in [-0.39, 0.29) is 11.6 Å². The van der Waals surface area contributed by atoms with Gasteiger partial charge in [0, 0.05) is 38.7 Å². The molecule has 1 aromatic rings. The number of carbonyl (C=O) groups excluding carboxylic acids is 1. The fourth-order valence-electron chi connectivity index (χ4n) is 2.72. The van der Waals surface area contributed by atoms with Crippen molar-refractivity contribution in [3.63, 3.8) is 0 Å². The molecule has 0 aromatic heterocycles. The molecule has 2 rings (SSSR count). The molecule has 0 aliphatic carbocycles. The van der Waals surface area contributed by atoms with E-state index in [0.717, 1.165) is 12.1 Å². The third-order valence-electron chi connectivity index (χ3n) is 4.07. The number of rotatable bonds is 5. The van der Waals surface area contributed by atoms with Gasteiger partial charge in [-0.25, -0.2) is 0 Å². The quantitative estimate of drug-likeness (QED) is 0.640. The van der Waals surface area contributed by atoms with Crippen molar-refractivity contribution in [2.45, 2.75) is 19.0 Å². The van der Waals surface area contributed by atoms with Crippen LogP contribution in [-0.2, 0) is 11.0 Å². The van der Waals surface area contributed by atoms with E-state index in [4.69, 9.17) is 5.73 Å². The lowest BCUT2D eigenvalue weighted by atomic mass is 10.1.